The number of nitrogens with zero attached hydrogens (tertiary/aromatic N) is 2. The fourth-order valence-electron chi connectivity index (χ4n) is 3.47. The van der Waals surface area contributed by atoms with Crippen LogP contribution in [0.25, 0.3) is 10.9 Å². The molecule has 0 aliphatic heterocycles. The second-order valence-corrected chi connectivity index (χ2v) is 7.06. The highest BCUT2D eigenvalue weighted by molar-refractivity contribution is 5.82. The number of methoxy groups -OCH3 is 4. The Bertz CT molecular complexity index is 1190. The number of hydrogen-bond donors (Lipinski definition) is 1. The van der Waals surface area contributed by atoms with Crippen molar-refractivity contribution in [3.05, 3.63) is 52.1 Å². The fourth-order valence-corrected chi connectivity index (χ4v) is 3.47. The molecule has 0 spiro atoms. The minimum Gasteiger partial charge on any atom is -0.493 e. The molecule has 32 heavy (non-hydrogen) atoms. The summed E-state index contributed by atoms with van der Waals surface area (Å²) in [5, 5.41) is 3.27. The van der Waals surface area contributed by atoms with Crippen LogP contribution in [0, 0.1) is 6.92 Å². The topological polar surface area (TPSA) is 101 Å². The Morgan fingerprint density at radius 3 is 2.22 bits per heavy atom. The quantitative estimate of drug-likeness (QED) is 0.543. The number of amides is 1. The number of aromatic nitrogens is 2. The first-order valence-electron chi connectivity index (χ1n) is 10.0. The van der Waals surface area contributed by atoms with Crippen molar-refractivity contribution in [2.75, 3.05) is 35.0 Å². The minimum atomic E-state index is -0.206. The van der Waals surface area contributed by atoms with E-state index in [9.17, 15) is 9.59 Å². The molecule has 0 aliphatic rings. The van der Waals surface area contributed by atoms with Crippen molar-refractivity contribution in [3.63, 3.8) is 0 Å². The van der Waals surface area contributed by atoms with Crippen molar-refractivity contribution in [2.45, 2.75) is 19.9 Å². The van der Waals surface area contributed by atoms with E-state index in [1.807, 2.05) is 6.07 Å². The molecule has 0 atom stereocenters. The number of carbonyl (C=O) groups excluding carboxylic acids is 1. The minimum absolute atomic E-state index is 0.164. The lowest BCUT2D eigenvalue weighted by molar-refractivity contribution is -0.120. The van der Waals surface area contributed by atoms with Gasteiger partial charge in [0.05, 0.1) is 45.8 Å². The fraction of sp³-hybridized carbons (Fsp3) is 0.348. The smallest absolute Gasteiger partial charge is 0.261 e. The van der Waals surface area contributed by atoms with Gasteiger partial charge in [-0.25, -0.2) is 4.98 Å². The Kier molecular flexibility index (Phi) is 7.19. The zero-order valence-corrected chi connectivity index (χ0v) is 18.9. The SMILES string of the molecule is COc1ccc(CC(=O)NCCn2c(C)nc3cc(OC)c(OC)cc3c2=O)cc1OC. The van der Waals surface area contributed by atoms with Gasteiger partial charge in [0.25, 0.3) is 5.56 Å². The van der Waals surface area contributed by atoms with Gasteiger partial charge < -0.3 is 24.3 Å². The molecule has 3 rings (SSSR count). The van der Waals surface area contributed by atoms with Crippen molar-refractivity contribution in [1.29, 1.82) is 0 Å². The van der Waals surface area contributed by atoms with Gasteiger partial charge in [-0.1, -0.05) is 6.07 Å². The second-order valence-electron chi connectivity index (χ2n) is 7.06. The van der Waals surface area contributed by atoms with Crippen molar-refractivity contribution >= 4 is 16.8 Å². The summed E-state index contributed by atoms with van der Waals surface area (Å²) in [7, 11) is 6.15. The molecule has 1 N–H and O–H groups in total. The van der Waals surface area contributed by atoms with Gasteiger partial charge in [0.15, 0.2) is 23.0 Å². The summed E-state index contributed by atoms with van der Waals surface area (Å²) in [6.45, 7) is 2.33. The van der Waals surface area contributed by atoms with Gasteiger partial charge in [0.2, 0.25) is 5.91 Å². The first-order valence-corrected chi connectivity index (χ1v) is 10.0. The molecule has 9 heteroatoms. The molecule has 1 amide bonds. The standard InChI is InChI=1S/C23H27N3O6/c1-14-25-17-13-21(32-5)20(31-4)12-16(17)23(28)26(14)9-8-24-22(27)11-15-6-7-18(29-2)19(10-15)30-3/h6-7,10,12-13H,8-9,11H2,1-5H3,(H,24,27). The molecule has 1 aromatic heterocycles. The van der Waals surface area contributed by atoms with Crippen LogP contribution in [0.1, 0.15) is 11.4 Å². The average molecular weight is 441 g/mol. The molecule has 0 saturated carbocycles. The van der Waals surface area contributed by atoms with Gasteiger partial charge in [-0.3, -0.25) is 14.2 Å². The molecule has 2 aromatic carbocycles. The van der Waals surface area contributed by atoms with Gasteiger partial charge in [-0.15, -0.1) is 0 Å². The van der Waals surface area contributed by atoms with E-state index in [1.54, 1.807) is 45.4 Å². The first-order chi connectivity index (χ1) is 15.4. The zero-order valence-electron chi connectivity index (χ0n) is 18.9. The van der Waals surface area contributed by atoms with Crippen molar-refractivity contribution in [3.8, 4) is 23.0 Å². The third-order valence-electron chi connectivity index (χ3n) is 5.12. The highest BCUT2D eigenvalue weighted by Crippen LogP contribution is 2.30. The predicted octanol–water partition coefficient (Wildman–Crippen LogP) is 2.10. The molecule has 0 fully saturated rings. The highest BCUT2D eigenvalue weighted by atomic mass is 16.5. The number of carbonyl (C=O) groups is 1. The normalized spacial score (nSPS) is 10.7. The molecular weight excluding hydrogens is 414 g/mol. The van der Waals surface area contributed by atoms with Crippen LogP contribution in [-0.2, 0) is 17.8 Å². The van der Waals surface area contributed by atoms with E-state index < -0.39 is 0 Å². The number of aryl methyl sites for hydroxylation is 1. The third-order valence-corrected chi connectivity index (χ3v) is 5.12. The lowest BCUT2D eigenvalue weighted by atomic mass is 10.1. The molecular formula is C23H27N3O6. The molecule has 1 heterocycles. The number of ether oxygens (including phenoxy) is 4. The van der Waals surface area contributed by atoms with Crippen LogP contribution >= 0.6 is 0 Å². The second kappa shape index (κ2) is 10.0. The van der Waals surface area contributed by atoms with Gasteiger partial charge in [-0.2, -0.15) is 0 Å². The van der Waals surface area contributed by atoms with Gasteiger partial charge in [0, 0.05) is 19.2 Å². The number of fused-ring (bicyclic) bond motifs is 1. The van der Waals surface area contributed by atoms with Crippen molar-refractivity contribution in [2.24, 2.45) is 0 Å². The van der Waals surface area contributed by atoms with E-state index in [0.717, 1.165) is 5.56 Å². The monoisotopic (exact) mass is 441 g/mol. The maximum atomic E-state index is 13.0. The Morgan fingerprint density at radius 1 is 0.938 bits per heavy atom. The van der Waals surface area contributed by atoms with Crippen LogP contribution in [0.5, 0.6) is 23.0 Å². The van der Waals surface area contributed by atoms with Crippen LogP contribution < -0.4 is 29.8 Å². The van der Waals surface area contributed by atoms with Crippen LogP contribution in [0.2, 0.25) is 0 Å². The first kappa shape index (κ1) is 22.9. The van der Waals surface area contributed by atoms with Gasteiger partial charge in [0.1, 0.15) is 5.82 Å². The van der Waals surface area contributed by atoms with Crippen molar-refractivity contribution in [1.82, 2.24) is 14.9 Å². The molecule has 9 nitrogen and oxygen atoms in total. The average Bonchev–Trinajstić information content (AvgIpc) is 2.80. The van der Waals surface area contributed by atoms with Crippen LogP contribution in [0.15, 0.2) is 35.1 Å². The van der Waals surface area contributed by atoms with Crippen LogP contribution in [0.3, 0.4) is 0 Å². The maximum absolute atomic E-state index is 13.0. The summed E-state index contributed by atoms with van der Waals surface area (Å²) in [6.07, 6.45) is 0.182. The lowest BCUT2D eigenvalue weighted by Crippen LogP contribution is -2.33. The Labute approximate surface area is 185 Å². The Balaban J connectivity index is 1.71. The van der Waals surface area contributed by atoms with Crippen LogP contribution in [0.4, 0.5) is 0 Å². The van der Waals surface area contributed by atoms with Crippen LogP contribution in [-0.4, -0.2) is 50.4 Å². The van der Waals surface area contributed by atoms with Gasteiger partial charge >= 0.3 is 0 Å². The molecule has 0 bridgehead atoms. The number of hydrogen-bond acceptors (Lipinski definition) is 7. The van der Waals surface area contributed by atoms with E-state index in [0.29, 0.717) is 46.3 Å². The molecule has 0 radical (unpaired) electrons. The largest absolute Gasteiger partial charge is 0.493 e. The van der Waals surface area contributed by atoms with Gasteiger partial charge in [-0.05, 0) is 30.7 Å². The summed E-state index contributed by atoms with van der Waals surface area (Å²) in [5.74, 6) is 2.51. The predicted molar refractivity (Wildman–Crippen MR) is 120 cm³/mol. The van der Waals surface area contributed by atoms with E-state index >= 15 is 0 Å². The van der Waals surface area contributed by atoms with E-state index in [-0.39, 0.29) is 24.4 Å². The molecule has 170 valence electrons. The molecule has 0 unspecified atom stereocenters. The number of rotatable bonds is 9. The summed E-state index contributed by atoms with van der Waals surface area (Å²) in [4.78, 5) is 29.9. The Hall–Kier alpha value is -3.75. The zero-order chi connectivity index (χ0) is 23.3. The molecule has 3 aromatic rings. The Morgan fingerprint density at radius 2 is 1.56 bits per heavy atom. The molecule has 0 saturated heterocycles. The van der Waals surface area contributed by atoms with E-state index in [4.69, 9.17) is 18.9 Å². The lowest BCUT2D eigenvalue weighted by Gasteiger charge is -2.14. The number of benzene rings is 2. The highest BCUT2D eigenvalue weighted by Gasteiger charge is 2.14. The summed E-state index contributed by atoms with van der Waals surface area (Å²) in [5.41, 5.74) is 1.11. The van der Waals surface area contributed by atoms with Crippen molar-refractivity contribution < 1.29 is 23.7 Å². The summed E-state index contributed by atoms with van der Waals surface area (Å²) >= 11 is 0. The van der Waals surface area contributed by atoms with E-state index in [1.165, 1.54) is 18.8 Å². The number of nitrogens with one attached hydrogen (secondary N) is 1. The third kappa shape index (κ3) is 4.77. The molecule has 0 aliphatic carbocycles. The summed E-state index contributed by atoms with van der Waals surface area (Å²) < 4.78 is 22.6. The maximum Gasteiger partial charge on any atom is 0.261 e. The van der Waals surface area contributed by atoms with E-state index in [2.05, 4.69) is 10.3 Å². The summed E-state index contributed by atoms with van der Waals surface area (Å²) in [6, 6.07) is 8.63.